The molecule has 164 valence electrons. The van der Waals surface area contributed by atoms with Crippen molar-refractivity contribution in [1.82, 2.24) is 14.5 Å². The molecule has 2 aromatic carbocycles. The monoisotopic (exact) mass is 427 g/mol. The summed E-state index contributed by atoms with van der Waals surface area (Å²) in [5.41, 5.74) is 5.55. The molecule has 0 spiro atoms. The predicted molar refractivity (Wildman–Crippen MR) is 120 cm³/mol. The molecule has 0 saturated heterocycles. The third-order valence-electron chi connectivity index (χ3n) is 7.34. The van der Waals surface area contributed by atoms with Crippen molar-refractivity contribution >= 4 is 21.9 Å². The van der Waals surface area contributed by atoms with E-state index in [0.717, 1.165) is 33.3 Å². The van der Waals surface area contributed by atoms with Gasteiger partial charge >= 0.3 is 6.18 Å². The summed E-state index contributed by atoms with van der Waals surface area (Å²) in [4.78, 5) is 7.60. The number of fused-ring (bicyclic) bond motifs is 2. The predicted octanol–water partition coefficient (Wildman–Crippen LogP) is 6.77. The van der Waals surface area contributed by atoms with Gasteiger partial charge in [-0.2, -0.15) is 13.2 Å². The smallest absolute Gasteiger partial charge is 0.350 e. The average Bonchev–Trinajstić information content (AvgIpc) is 3.27. The van der Waals surface area contributed by atoms with Gasteiger partial charge in [0.1, 0.15) is 11.2 Å². The van der Waals surface area contributed by atoms with Crippen molar-refractivity contribution in [3.05, 3.63) is 63.1 Å². The summed E-state index contributed by atoms with van der Waals surface area (Å²) in [5.74, 6) is -0.0698. The van der Waals surface area contributed by atoms with Crippen molar-refractivity contribution in [2.75, 3.05) is 0 Å². The van der Waals surface area contributed by atoms with E-state index in [9.17, 15) is 13.2 Å². The maximum Gasteiger partial charge on any atom is 0.405 e. The summed E-state index contributed by atoms with van der Waals surface area (Å²) >= 11 is 0. The van der Waals surface area contributed by atoms with Gasteiger partial charge in [0.15, 0.2) is 0 Å². The second-order valence-corrected chi connectivity index (χ2v) is 8.99. The first kappa shape index (κ1) is 21.5. The molecule has 0 aliphatic carbocycles. The van der Waals surface area contributed by atoms with Crippen LogP contribution < -0.4 is 0 Å². The molecule has 6 heteroatoms. The zero-order valence-electron chi connectivity index (χ0n) is 19.3. The molecule has 4 aromatic rings. The van der Waals surface area contributed by atoms with Crippen molar-refractivity contribution in [3.63, 3.8) is 0 Å². The highest BCUT2D eigenvalue weighted by molar-refractivity contribution is 5.91. The number of benzene rings is 2. The van der Waals surface area contributed by atoms with E-state index >= 15 is 0 Å². The molecular formula is C25H28F3N3. The Balaban J connectivity index is 2.16. The highest BCUT2D eigenvalue weighted by Crippen LogP contribution is 2.50. The van der Waals surface area contributed by atoms with E-state index in [0.29, 0.717) is 22.0 Å². The maximum absolute atomic E-state index is 14.9. The molecule has 1 N–H and O–H groups in total. The van der Waals surface area contributed by atoms with Gasteiger partial charge in [0.05, 0.1) is 16.6 Å². The number of nitrogens with zero attached hydrogens (tertiary/aromatic N) is 2. The number of hydrogen-bond acceptors (Lipinski definition) is 1. The summed E-state index contributed by atoms with van der Waals surface area (Å²) in [6, 6.07) is 3.67. The fraction of sp³-hybridized carbons (Fsp3) is 0.400. The first-order chi connectivity index (χ1) is 14.3. The lowest BCUT2D eigenvalue weighted by Gasteiger charge is -2.34. The molecule has 0 aliphatic rings. The first-order valence-corrected chi connectivity index (χ1v) is 10.4. The lowest BCUT2D eigenvalue weighted by atomic mass is 9.75. The number of halogens is 3. The summed E-state index contributed by atoms with van der Waals surface area (Å²) in [7, 11) is 1.87. The minimum atomic E-state index is -4.55. The van der Waals surface area contributed by atoms with Crippen LogP contribution in [0.4, 0.5) is 13.2 Å². The molecule has 0 bridgehead atoms. The second kappa shape index (κ2) is 6.62. The van der Waals surface area contributed by atoms with E-state index in [2.05, 4.69) is 9.97 Å². The highest BCUT2D eigenvalue weighted by Gasteiger charge is 2.57. The largest absolute Gasteiger partial charge is 0.405 e. The van der Waals surface area contributed by atoms with Crippen LogP contribution in [0.15, 0.2) is 18.3 Å². The number of nitrogens with one attached hydrogen (secondary N) is 1. The van der Waals surface area contributed by atoms with Crippen LogP contribution in [0, 0.1) is 41.5 Å². The Kier molecular flexibility index (Phi) is 4.58. The molecule has 2 aromatic heterocycles. The number of imidazole rings is 1. The molecule has 4 rings (SSSR count). The van der Waals surface area contributed by atoms with E-state index in [4.69, 9.17) is 0 Å². The quantitative estimate of drug-likeness (QED) is 0.376. The molecule has 0 amide bonds. The molecular weight excluding hydrogens is 399 g/mol. The topological polar surface area (TPSA) is 33.6 Å². The van der Waals surface area contributed by atoms with E-state index < -0.39 is 11.6 Å². The van der Waals surface area contributed by atoms with E-state index in [1.165, 1.54) is 6.92 Å². The Morgan fingerprint density at radius 2 is 1.55 bits per heavy atom. The minimum absolute atomic E-state index is 0.0698. The fourth-order valence-electron chi connectivity index (χ4n) is 4.90. The Labute approximate surface area is 180 Å². The van der Waals surface area contributed by atoms with Crippen LogP contribution in [0.25, 0.3) is 21.9 Å². The van der Waals surface area contributed by atoms with Crippen molar-refractivity contribution in [1.29, 1.82) is 0 Å². The number of alkyl halides is 3. The number of aromatic amines is 1. The van der Waals surface area contributed by atoms with E-state index in [-0.39, 0.29) is 11.4 Å². The SMILES string of the molecule is Cc1cc2[nH]c(C(C)(c3c(C)c(C)c(C)c4c3ccn4C)C(F)(F)F)nc2c(C)c1C. The molecule has 0 radical (unpaired) electrons. The van der Waals surface area contributed by atoms with Gasteiger partial charge in [0, 0.05) is 18.6 Å². The first-order valence-electron chi connectivity index (χ1n) is 10.4. The fourth-order valence-corrected chi connectivity index (χ4v) is 4.90. The van der Waals surface area contributed by atoms with Crippen LogP contribution in [-0.4, -0.2) is 20.7 Å². The summed E-state index contributed by atoms with van der Waals surface area (Å²) in [6.07, 6.45) is -2.72. The number of hydrogen-bond donors (Lipinski definition) is 1. The zero-order valence-corrected chi connectivity index (χ0v) is 19.3. The Hall–Kier alpha value is -2.76. The minimum Gasteiger partial charge on any atom is -0.350 e. The van der Waals surface area contributed by atoms with Crippen LogP contribution in [0.1, 0.15) is 51.7 Å². The second-order valence-electron chi connectivity index (χ2n) is 8.99. The zero-order chi connectivity index (χ0) is 23.0. The molecule has 1 atom stereocenters. The normalized spacial score (nSPS) is 14.5. The Bertz CT molecular complexity index is 1350. The Morgan fingerprint density at radius 1 is 0.903 bits per heavy atom. The molecule has 3 nitrogen and oxygen atoms in total. The van der Waals surface area contributed by atoms with Gasteiger partial charge in [-0.05, 0) is 99.5 Å². The molecule has 0 aliphatic heterocycles. The molecule has 2 heterocycles. The lowest BCUT2D eigenvalue weighted by Crippen LogP contribution is -2.42. The van der Waals surface area contributed by atoms with Gasteiger partial charge in [-0.15, -0.1) is 0 Å². The van der Waals surface area contributed by atoms with Crippen LogP contribution in [0.5, 0.6) is 0 Å². The standard InChI is InChI=1S/C25H28F3N3/c1-12-11-19-21(16(5)13(12)2)30-23(29-19)24(7,25(26,27)28)20-15(4)14(3)17(6)22-18(20)9-10-31(22)8/h9-11H,1-8H3,(H,29,30). The molecule has 31 heavy (non-hydrogen) atoms. The van der Waals surface area contributed by atoms with Gasteiger partial charge in [-0.1, -0.05) is 0 Å². The highest BCUT2D eigenvalue weighted by atomic mass is 19.4. The maximum atomic E-state index is 14.9. The Morgan fingerprint density at radius 3 is 2.16 bits per heavy atom. The van der Waals surface area contributed by atoms with Crippen LogP contribution >= 0.6 is 0 Å². The van der Waals surface area contributed by atoms with Crippen molar-refractivity contribution < 1.29 is 13.2 Å². The summed E-state index contributed by atoms with van der Waals surface area (Å²) < 4.78 is 46.7. The summed E-state index contributed by atoms with van der Waals surface area (Å²) in [5, 5.41) is 0.618. The van der Waals surface area contributed by atoms with Crippen LogP contribution in [-0.2, 0) is 12.5 Å². The number of aryl methyl sites for hydroxylation is 4. The van der Waals surface area contributed by atoms with Crippen LogP contribution in [0.2, 0.25) is 0 Å². The van der Waals surface area contributed by atoms with Gasteiger partial charge in [0.2, 0.25) is 0 Å². The van der Waals surface area contributed by atoms with Gasteiger partial charge < -0.3 is 9.55 Å². The third kappa shape index (κ3) is 2.76. The van der Waals surface area contributed by atoms with Crippen molar-refractivity contribution in [3.8, 4) is 0 Å². The number of rotatable bonds is 2. The number of aromatic nitrogens is 3. The van der Waals surface area contributed by atoms with Gasteiger partial charge in [-0.3, -0.25) is 0 Å². The number of H-pyrrole nitrogens is 1. The van der Waals surface area contributed by atoms with Crippen molar-refractivity contribution in [2.45, 2.75) is 60.1 Å². The molecule has 0 saturated carbocycles. The van der Waals surface area contributed by atoms with Crippen LogP contribution in [0.3, 0.4) is 0 Å². The van der Waals surface area contributed by atoms with E-state index in [1.807, 2.05) is 58.5 Å². The van der Waals surface area contributed by atoms with Gasteiger partial charge in [0.25, 0.3) is 0 Å². The summed E-state index contributed by atoms with van der Waals surface area (Å²) in [6.45, 7) is 12.8. The van der Waals surface area contributed by atoms with Gasteiger partial charge in [-0.25, -0.2) is 4.98 Å². The van der Waals surface area contributed by atoms with Crippen molar-refractivity contribution in [2.24, 2.45) is 7.05 Å². The average molecular weight is 428 g/mol. The van der Waals surface area contributed by atoms with E-state index in [1.54, 1.807) is 13.0 Å². The molecule has 1 unspecified atom stereocenters. The molecule has 0 fully saturated rings. The third-order valence-corrected chi connectivity index (χ3v) is 7.34. The lowest BCUT2D eigenvalue weighted by molar-refractivity contribution is -0.174.